The zero-order valence-electron chi connectivity index (χ0n) is 17.5. The van der Waals surface area contributed by atoms with Crippen molar-refractivity contribution in [3.05, 3.63) is 68.0 Å². The van der Waals surface area contributed by atoms with Crippen LogP contribution in [0.1, 0.15) is 11.1 Å². The summed E-state index contributed by atoms with van der Waals surface area (Å²) in [6.07, 6.45) is 1.67. The monoisotopic (exact) mass is 550 g/mol. The third-order valence-corrected chi connectivity index (χ3v) is 6.88. The van der Waals surface area contributed by atoms with Crippen LogP contribution in [0.2, 0.25) is 5.02 Å². The quantitative estimate of drug-likeness (QED) is 0.490. The van der Waals surface area contributed by atoms with Crippen LogP contribution in [-0.4, -0.2) is 59.8 Å². The minimum atomic E-state index is -0.340. The van der Waals surface area contributed by atoms with Gasteiger partial charge in [-0.25, -0.2) is 0 Å². The molecule has 0 unspecified atom stereocenters. The number of rotatable bonds is 6. The number of thioether (sulfide) groups is 1. The lowest BCUT2D eigenvalue weighted by atomic mass is 10.2. The van der Waals surface area contributed by atoms with E-state index in [2.05, 4.69) is 15.9 Å². The molecule has 0 bridgehead atoms. The van der Waals surface area contributed by atoms with Gasteiger partial charge in [-0.3, -0.25) is 19.3 Å². The van der Waals surface area contributed by atoms with E-state index in [9.17, 15) is 14.4 Å². The molecule has 2 heterocycles. The summed E-state index contributed by atoms with van der Waals surface area (Å²) in [4.78, 5) is 40.7. The number of hydrogen-bond donors (Lipinski definition) is 0. The maximum atomic E-state index is 12.8. The Bertz CT molecular complexity index is 1100. The summed E-state index contributed by atoms with van der Waals surface area (Å²) in [6.45, 7) is 2.32. The molecule has 2 aliphatic rings. The Morgan fingerprint density at radius 1 is 1.15 bits per heavy atom. The van der Waals surface area contributed by atoms with E-state index in [1.54, 1.807) is 53.4 Å². The van der Waals surface area contributed by atoms with E-state index >= 15 is 0 Å². The second kappa shape index (κ2) is 10.7. The van der Waals surface area contributed by atoms with Gasteiger partial charge in [-0.1, -0.05) is 29.8 Å². The van der Waals surface area contributed by atoms with Gasteiger partial charge in [0.15, 0.2) is 6.61 Å². The maximum absolute atomic E-state index is 12.8. The van der Waals surface area contributed by atoms with Gasteiger partial charge in [-0.2, -0.15) is 0 Å². The summed E-state index contributed by atoms with van der Waals surface area (Å²) in [7, 11) is 0. The first-order chi connectivity index (χ1) is 15.9. The van der Waals surface area contributed by atoms with Crippen molar-refractivity contribution in [3.8, 4) is 5.75 Å². The minimum Gasteiger partial charge on any atom is -0.483 e. The lowest BCUT2D eigenvalue weighted by Crippen LogP contribution is -2.43. The predicted octanol–water partition coefficient (Wildman–Crippen LogP) is 4.58. The number of carbonyl (C=O) groups is 3. The van der Waals surface area contributed by atoms with Crippen LogP contribution in [-0.2, 0) is 20.9 Å². The third kappa shape index (κ3) is 5.97. The van der Waals surface area contributed by atoms with Crippen LogP contribution < -0.4 is 4.74 Å². The van der Waals surface area contributed by atoms with E-state index in [4.69, 9.17) is 21.1 Å². The zero-order valence-corrected chi connectivity index (χ0v) is 20.6. The van der Waals surface area contributed by atoms with Gasteiger partial charge < -0.3 is 14.4 Å². The first-order valence-corrected chi connectivity index (χ1v) is 12.2. The number of morpholine rings is 1. The van der Waals surface area contributed by atoms with Crippen molar-refractivity contribution >= 4 is 62.4 Å². The molecule has 0 aliphatic carbocycles. The molecule has 2 saturated heterocycles. The molecule has 0 N–H and O–H groups in total. The van der Waals surface area contributed by atoms with E-state index < -0.39 is 0 Å². The Kier molecular flexibility index (Phi) is 7.75. The third-order valence-electron chi connectivity index (χ3n) is 5.10. The van der Waals surface area contributed by atoms with E-state index in [-0.39, 0.29) is 30.2 Å². The van der Waals surface area contributed by atoms with Crippen molar-refractivity contribution in [1.82, 2.24) is 9.80 Å². The molecule has 2 aliphatic heterocycles. The van der Waals surface area contributed by atoms with Crippen molar-refractivity contribution < 1.29 is 23.9 Å². The first kappa shape index (κ1) is 23.8. The standard InChI is InChI=1S/C23H20BrClN2O5S/c24-18-11-16(3-6-19(18)32-14-21(28)26-7-9-31-10-8-26)12-20-22(29)27(23(30)33-20)13-15-1-4-17(25)5-2-15/h1-6,11-12H,7-10,13-14H2/b20-12-. The number of imide groups is 1. The van der Waals surface area contributed by atoms with Gasteiger partial charge in [0.1, 0.15) is 5.75 Å². The number of carbonyl (C=O) groups excluding carboxylic acids is 3. The lowest BCUT2D eigenvalue weighted by Gasteiger charge is -2.26. The highest BCUT2D eigenvalue weighted by Gasteiger charge is 2.35. The Morgan fingerprint density at radius 2 is 1.88 bits per heavy atom. The molecule has 4 rings (SSSR count). The molecule has 3 amide bonds. The molecule has 10 heteroatoms. The number of hydrogen-bond acceptors (Lipinski definition) is 6. The number of nitrogens with zero attached hydrogens (tertiary/aromatic N) is 2. The molecule has 0 spiro atoms. The fourth-order valence-corrected chi connectivity index (χ4v) is 4.80. The Hall–Kier alpha value is -2.33. The first-order valence-electron chi connectivity index (χ1n) is 10.2. The molecule has 7 nitrogen and oxygen atoms in total. The largest absolute Gasteiger partial charge is 0.483 e. The molecule has 172 valence electrons. The maximum Gasteiger partial charge on any atom is 0.293 e. The Morgan fingerprint density at radius 3 is 2.58 bits per heavy atom. The molecule has 0 radical (unpaired) electrons. The Balaban J connectivity index is 1.39. The number of ether oxygens (including phenoxy) is 2. The van der Waals surface area contributed by atoms with E-state index in [1.807, 2.05) is 0 Å². The molecule has 0 atom stereocenters. The topological polar surface area (TPSA) is 76.2 Å². The molecule has 2 fully saturated rings. The van der Waals surface area contributed by atoms with Crippen LogP contribution in [0, 0.1) is 0 Å². The van der Waals surface area contributed by atoms with Gasteiger partial charge in [0, 0.05) is 18.1 Å². The molecule has 0 aromatic heterocycles. The summed E-state index contributed by atoms with van der Waals surface area (Å²) in [6, 6.07) is 12.3. The van der Waals surface area contributed by atoms with Crippen LogP contribution in [0.25, 0.3) is 6.08 Å². The SMILES string of the molecule is O=C(COc1ccc(/C=C2\SC(=O)N(Cc3ccc(Cl)cc3)C2=O)cc1Br)N1CCOCC1. The zero-order chi connectivity index (χ0) is 23.4. The molecule has 33 heavy (non-hydrogen) atoms. The van der Waals surface area contributed by atoms with Crippen molar-refractivity contribution in [1.29, 1.82) is 0 Å². The highest BCUT2D eigenvalue weighted by molar-refractivity contribution is 9.10. The summed E-state index contributed by atoms with van der Waals surface area (Å²) in [5.74, 6) is 0.0840. The van der Waals surface area contributed by atoms with Crippen LogP contribution in [0.15, 0.2) is 51.8 Å². The van der Waals surface area contributed by atoms with Crippen LogP contribution in [0.5, 0.6) is 5.75 Å². The van der Waals surface area contributed by atoms with Gasteiger partial charge in [-0.05, 0) is 69.2 Å². The van der Waals surface area contributed by atoms with E-state index in [1.165, 1.54) is 4.90 Å². The van der Waals surface area contributed by atoms with Crippen molar-refractivity contribution in [3.63, 3.8) is 0 Å². The lowest BCUT2D eigenvalue weighted by molar-refractivity contribution is -0.137. The van der Waals surface area contributed by atoms with Gasteiger partial charge >= 0.3 is 0 Å². The smallest absolute Gasteiger partial charge is 0.293 e. The Labute approximate surface area is 208 Å². The van der Waals surface area contributed by atoms with Gasteiger partial charge in [0.25, 0.3) is 17.1 Å². The number of benzene rings is 2. The summed E-state index contributed by atoms with van der Waals surface area (Å²) >= 11 is 10.3. The van der Waals surface area contributed by atoms with Gasteiger partial charge in [0.05, 0.1) is 29.1 Å². The fourth-order valence-electron chi connectivity index (χ4n) is 3.33. The normalized spacial score (nSPS) is 17.7. The summed E-state index contributed by atoms with van der Waals surface area (Å²) < 4.78 is 11.6. The van der Waals surface area contributed by atoms with Crippen LogP contribution in [0.3, 0.4) is 0 Å². The summed E-state index contributed by atoms with van der Waals surface area (Å²) in [5, 5.41) is 0.276. The molecule has 2 aromatic carbocycles. The average molecular weight is 552 g/mol. The number of halogens is 2. The fraction of sp³-hybridized carbons (Fsp3) is 0.261. The van der Waals surface area contributed by atoms with E-state index in [0.29, 0.717) is 46.5 Å². The van der Waals surface area contributed by atoms with Crippen LogP contribution >= 0.6 is 39.3 Å². The van der Waals surface area contributed by atoms with Crippen molar-refractivity contribution in [2.75, 3.05) is 32.9 Å². The molecule has 2 aromatic rings. The van der Waals surface area contributed by atoms with Crippen molar-refractivity contribution in [2.24, 2.45) is 0 Å². The van der Waals surface area contributed by atoms with Crippen LogP contribution in [0.4, 0.5) is 4.79 Å². The molecule has 0 saturated carbocycles. The second-order valence-corrected chi connectivity index (χ2v) is 9.65. The average Bonchev–Trinajstić information content (AvgIpc) is 3.07. The molecular formula is C23H20BrClN2O5S. The van der Waals surface area contributed by atoms with Crippen molar-refractivity contribution in [2.45, 2.75) is 6.54 Å². The highest BCUT2D eigenvalue weighted by atomic mass is 79.9. The van der Waals surface area contributed by atoms with E-state index in [0.717, 1.165) is 22.9 Å². The van der Waals surface area contributed by atoms with Gasteiger partial charge in [-0.15, -0.1) is 0 Å². The highest BCUT2D eigenvalue weighted by Crippen LogP contribution is 2.34. The van der Waals surface area contributed by atoms with Gasteiger partial charge in [0.2, 0.25) is 0 Å². The number of amides is 3. The minimum absolute atomic E-state index is 0.0679. The molecular weight excluding hydrogens is 532 g/mol. The predicted molar refractivity (Wildman–Crippen MR) is 130 cm³/mol. The summed E-state index contributed by atoms with van der Waals surface area (Å²) in [5.41, 5.74) is 1.55. The second-order valence-electron chi connectivity index (χ2n) is 7.37.